The molecule has 1 saturated carbocycles. The van der Waals surface area contributed by atoms with Crippen LogP contribution in [0.2, 0.25) is 5.02 Å². The standard InChI is InChI=1S/C41H59ClN4/c1-6-25-46(40(8-3)33(5)7-2)32-41(35-16-10-11-17-35,37-18-13-19-38(42)30-37)36-23-28-44(29-24-36)26-14-27-45(9-4)39-20-12-15-34(31-43)21-22-39/h6,12-13,15,18-19,21-22,25,30,35-36H,7-11,14,16-17,20,23-24,26-29,32H2,1-5H3/b25-6-,40-33+. The summed E-state index contributed by atoms with van der Waals surface area (Å²) < 4.78 is 0. The number of benzene rings is 1. The quantitative estimate of drug-likeness (QED) is 0.191. The van der Waals surface area contributed by atoms with Crippen LogP contribution in [0.15, 0.2) is 83.4 Å². The van der Waals surface area contributed by atoms with E-state index in [1.54, 1.807) is 0 Å². The largest absolute Gasteiger partial charge is 0.375 e. The lowest BCUT2D eigenvalue weighted by atomic mass is 9.59. The second kappa shape index (κ2) is 18.0. The minimum absolute atomic E-state index is 0.0652. The van der Waals surface area contributed by atoms with Gasteiger partial charge in [0.1, 0.15) is 0 Å². The number of nitrogens with zero attached hydrogens (tertiary/aromatic N) is 4. The number of hydrogen-bond acceptors (Lipinski definition) is 4. The SMILES string of the molecule is C/C=C\N(CC(c1cccc(Cl)c1)(C1CCCC1)C1CCN(CCCN(CC)C2=CC=C(C#N)C=CC2)CC1)/C(CC)=C(\C)CC. The molecule has 250 valence electrons. The van der Waals surface area contributed by atoms with E-state index in [4.69, 9.17) is 11.6 Å². The van der Waals surface area contributed by atoms with Crippen molar-refractivity contribution in [1.29, 1.82) is 5.26 Å². The summed E-state index contributed by atoms with van der Waals surface area (Å²) in [4.78, 5) is 7.85. The molecule has 0 N–H and O–H groups in total. The Labute approximate surface area is 286 Å². The average molecular weight is 643 g/mol. The molecule has 3 aliphatic rings. The molecule has 5 heteroatoms. The molecule has 0 amide bonds. The fourth-order valence-corrected chi connectivity index (χ4v) is 8.80. The number of nitriles is 1. The first kappa shape index (κ1) is 36.1. The maximum absolute atomic E-state index is 9.29. The Morgan fingerprint density at radius 3 is 2.43 bits per heavy atom. The van der Waals surface area contributed by atoms with Crippen LogP contribution < -0.4 is 0 Å². The minimum atomic E-state index is 0.0652. The van der Waals surface area contributed by atoms with E-state index in [9.17, 15) is 5.26 Å². The molecule has 2 aliphatic carbocycles. The van der Waals surface area contributed by atoms with Crippen LogP contribution in [0.5, 0.6) is 0 Å². The van der Waals surface area contributed by atoms with Crippen LogP contribution in [0.4, 0.5) is 0 Å². The molecule has 1 aliphatic heterocycles. The fourth-order valence-electron chi connectivity index (χ4n) is 8.61. The molecule has 2 fully saturated rings. The molecule has 1 saturated heterocycles. The van der Waals surface area contributed by atoms with Gasteiger partial charge in [0.15, 0.2) is 0 Å². The predicted octanol–water partition coefficient (Wildman–Crippen LogP) is 10.4. The lowest BCUT2D eigenvalue weighted by Crippen LogP contribution is -2.52. The van der Waals surface area contributed by atoms with Crippen LogP contribution in [-0.2, 0) is 5.41 Å². The zero-order valence-corrected chi connectivity index (χ0v) is 30.2. The summed E-state index contributed by atoms with van der Waals surface area (Å²) in [5.41, 5.74) is 6.56. The highest BCUT2D eigenvalue weighted by Crippen LogP contribution is 2.51. The van der Waals surface area contributed by atoms with E-state index in [0.29, 0.717) is 11.8 Å². The molecule has 1 heterocycles. The monoisotopic (exact) mass is 642 g/mol. The molecule has 1 aromatic carbocycles. The molecule has 0 radical (unpaired) electrons. The smallest absolute Gasteiger partial charge is 0.0991 e. The average Bonchev–Trinajstić information content (AvgIpc) is 3.52. The maximum atomic E-state index is 9.29. The van der Waals surface area contributed by atoms with Gasteiger partial charge in [-0.25, -0.2) is 0 Å². The summed E-state index contributed by atoms with van der Waals surface area (Å²) in [6, 6.07) is 11.2. The number of piperidine rings is 1. The zero-order chi connectivity index (χ0) is 32.9. The zero-order valence-electron chi connectivity index (χ0n) is 29.4. The highest BCUT2D eigenvalue weighted by atomic mass is 35.5. The fraction of sp³-hybridized carbons (Fsp3) is 0.585. The van der Waals surface area contributed by atoms with E-state index in [1.165, 1.54) is 74.1 Å². The third kappa shape index (κ3) is 8.78. The first-order valence-electron chi connectivity index (χ1n) is 18.2. The third-order valence-electron chi connectivity index (χ3n) is 11.1. The van der Waals surface area contributed by atoms with Crippen LogP contribution in [0, 0.1) is 23.2 Å². The van der Waals surface area contributed by atoms with Crippen molar-refractivity contribution >= 4 is 11.6 Å². The van der Waals surface area contributed by atoms with Crippen molar-refractivity contribution in [3.05, 3.63) is 94.0 Å². The topological polar surface area (TPSA) is 33.5 Å². The molecule has 0 bridgehead atoms. The summed E-state index contributed by atoms with van der Waals surface area (Å²) in [5.74, 6) is 1.29. The van der Waals surface area contributed by atoms with Crippen molar-refractivity contribution in [2.24, 2.45) is 11.8 Å². The van der Waals surface area contributed by atoms with Gasteiger partial charge in [-0.15, -0.1) is 0 Å². The van der Waals surface area contributed by atoms with Gasteiger partial charge in [-0.05, 0) is 139 Å². The van der Waals surface area contributed by atoms with Gasteiger partial charge in [0, 0.05) is 47.9 Å². The first-order valence-corrected chi connectivity index (χ1v) is 18.6. The van der Waals surface area contributed by atoms with Gasteiger partial charge in [-0.3, -0.25) is 0 Å². The Kier molecular flexibility index (Phi) is 14.1. The van der Waals surface area contributed by atoms with Gasteiger partial charge in [0.05, 0.1) is 11.6 Å². The Balaban J connectivity index is 1.54. The first-order chi connectivity index (χ1) is 22.4. The summed E-state index contributed by atoms with van der Waals surface area (Å²) >= 11 is 6.78. The molecule has 1 unspecified atom stereocenters. The second-order valence-electron chi connectivity index (χ2n) is 13.6. The van der Waals surface area contributed by atoms with Crippen molar-refractivity contribution in [2.45, 2.75) is 104 Å². The lowest BCUT2D eigenvalue weighted by molar-refractivity contribution is 0.0685. The third-order valence-corrected chi connectivity index (χ3v) is 11.4. The number of hydrogen-bond donors (Lipinski definition) is 0. The van der Waals surface area contributed by atoms with Crippen LogP contribution in [-0.4, -0.2) is 54.0 Å². The summed E-state index contributed by atoms with van der Waals surface area (Å²) in [6.45, 7) is 17.9. The number of halogens is 1. The van der Waals surface area contributed by atoms with E-state index in [0.717, 1.165) is 62.5 Å². The van der Waals surface area contributed by atoms with Gasteiger partial charge in [0.2, 0.25) is 0 Å². The van der Waals surface area contributed by atoms with Crippen LogP contribution in [0.1, 0.15) is 104 Å². The Morgan fingerprint density at radius 2 is 1.80 bits per heavy atom. The van der Waals surface area contributed by atoms with E-state index in [-0.39, 0.29) is 5.41 Å². The number of likely N-dealkylation sites (tertiary alicyclic amines) is 1. The Morgan fingerprint density at radius 1 is 1.07 bits per heavy atom. The predicted molar refractivity (Wildman–Crippen MR) is 196 cm³/mol. The van der Waals surface area contributed by atoms with E-state index in [1.807, 2.05) is 12.2 Å². The summed E-state index contributed by atoms with van der Waals surface area (Å²) in [6.07, 6.45) is 24.7. The van der Waals surface area contributed by atoms with Gasteiger partial charge < -0.3 is 14.7 Å². The van der Waals surface area contributed by atoms with Crippen LogP contribution in [0.25, 0.3) is 0 Å². The lowest BCUT2D eigenvalue weighted by Gasteiger charge is -2.51. The highest BCUT2D eigenvalue weighted by Gasteiger charge is 2.49. The Bertz CT molecular complexity index is 1320. The van der Waals surface area contributed by atoms with Crippen molar-refractivity contribution in [3.63, 3.8) is 0 Å². The molecule has 4 nitrogen and oxygen atoms in total. The normalized spacial score (nSPS) is 20.1. The second-order valence-corrected chi connectivity index (χ2v) is 14.1. The highest BCUT2D eigenvalue weighted by molar-refractivity contribution is 6.30. The Hall–Kier alpha value is -2.74. The van der Waals surface area contributed by atoms with Crippen molar-refractivity contribution < 1.29 is 0 Å². The van der Waals surface area contributed by atoms with Crippen molar-refractivity contribution in [1.82, 2.24) is 14.7 Å². The van der Waals surface area contributed by atoms with Gasteiger partial charge in [-0.1, -0.05) is 68.1 Å². The number of allylic oxidation sites excluding steroid dienone is 8. The molecule has 1 aromatic rings. The van der Waals surface area contributed by atoms with Crippen molar-refractivity contribution in [2.75, 3.05) is 39.3 Å². The minimum Gasteiger partial charge on any atom is -0.375 e. The molecule has 0 aromatic heterocycles. The van der Waals surface area contributed by atoms with E-state index < -0.39 is 0 Å². The van der Waals surface area contributed by atoms with Gasteiger partial charge >= 0.3 is 0 Å². The molecular formula is C41H59ClN4. The van der Waals surface area contributed by atoms with Crippen LogP contribution >= 0.6 is 11.6 Å². The van der Waals surface area contributed by atoms with Gasteiger partial charge in [0.25, 0.3) is 0 Å². The summed E-state index contributed by atoms with van der Waals surface area (Å²) in [7, 11) is 0. The maximum Gasteiger partial charge on any atom is 0.0991 e. The molecule has 4 rings (SSSR count). The molecule has 1 atom stereocenters. The summed E-state index contributed by atoms with van der Waals surface area (Å²) in [5, 5.41) is 10.2. The van der Waals surface area contributed by atoms with E-state index >= 15 is 0 Å². The van der Waals surface area contributed by atoms with Crippen LogP contribution in [0.3, 0.4) is 0 Å². The number of rotatable bonds is 15. The van der Waals surface area contributed by atoms with E-state index in [2.05, 4.69) is 104 Å². The molecular weight excluding hydrogens is 584 g/mol. The van der Waals surface area contributed by atoms with Crippen molar-refractivity contribution in [3.8, 4) is 6.07 Å². The van der Waals surface area contributed by atoms with Gasteiger partial charge in [-0.2, -0.15) is 5.26 Å². The molecule has 0 spiro atoms. The molecule has 46 heavy (non-hydrogen) atoms.